The highest BCUT2D eigenvalue weighted by Gasteiger charge is 2.31. The lowest BCUT2D eigenvalue weighted by Gasteiger charge is -2.12. The smallest absolute Gasteiger partial charge is 0.416 e. The second-order valence-corrected chi connectivity index (χ2v) is 8.18. The molecule has 0 unspecified atom stereocenters. The van der Waals surface area contributed by atoms with E-state index >= 15 is 0 Å². The van der Waals surface area contributed by atoms with Gasteiger partial charge < -0.3 is 4.74 Å². The molecule has 3 rings (SSSR count). The molecule has 0 N–H and O–H groups in total. The summed E-state index contributed by atoms with van der Waals surface area (Å²) < 4.78 is 43.9. The van der Waals surface area contributed by atoms with Crippen molar-refractivity contribution in [1.29, 1.82) is 0 Å². The minimum Gasteiger partial charge on any atom is -0.456 e. The number of alkyl halides is 3. The van der Waals surface area contributed by atoms with Crippen LogP contribution in [0.2, 0.25) is 10.0 Å². The summed E-state index contributed by atoms with van der Waals surface area (Å²) in [5.41, 5.74) is -0.800. The lowest BCUT2D eigenvalue weighted by Crippen LogP contribution is -2.04. The summed E-state index contributed by atoms with van der Waals surface area (Å²) in [6, 6.07) is 12.8. The van der Waals surface area contributed by atoms with E-state index in [9.17, 15) is 28.1 Å². The first kappa shape index (κ1) is 23.9. The van der Waals surface area contributed by atoms with Gasteiger partial charge in [0, 0.05) is 16.8 Å². The third-order valence-corrected chi connectivity index (χ3v) is 5.66. The Balaban J connectivity index is 1.83. The third kappa shape index (κ3) is 5.93. The summed E-state index contributed by atoms with van der Waals surface area (Å²) in [4.78, 5) is 23.3. The van der Waals surface area contributed by atoms with Crippen LogP contribution >= 0.6 is 35.0 Å². The number of rotatable bonds is 6. The molecule has 0 fully saturated rings. The first-order chi connectivity index (χ1) is 15.0. The van der Waals surface area contributed by atoms with Crippen LogP contribution in [0.1, 0.15) is 21.5 Å². The second-order valence-electron chi connectivity index (χ2n) is 6.38. The first-order valence-corrected chi connectivity index (χ1v) is 10.5. The van der Waals surface area contributed by atoms with Gasteiger partial charge in [0.15, 0.2) is 0 Å². The highest BCUT2D eigenvalue weighted by atomic mass is 35.5. The minimum absolute atomic E-state index is 0.00713. The molecule has 0 heterocycles. The minimum atomic E-state index is -4.57. The van der Waals surface area contributed by atoms with Crippen molar-refractivity contribution in [3.63, 3.8) is 0 Å². The molecule has 11 heteroatoms. The maximum Gasteiger partial charge on any atom is 0.416 e. The first-order valence-electron chi connectivity index (χ1n) is 8.79. The summed E-state index contributed by atoms with van der Waals surface area (Å²) in [5.74, 6) is 0.164. The lowest BCUT2D eigenvalue weighted by molar-refractivity contribution is -0.385. The number of ether oxygens (including phenoxy) is 1. The Morgan fingerprint density at radius 1 is 1.03 bits per heavy atom. The molecule has 0 aliphatic carbocycles. The Labute approximate surface area is 194 Å². The Morgan fingerprint density at radius 3 is 2.31 bits per heavy atom. The summed E-state index contributed by atoms with van der Waals surface area (Å²) in [7, 11) is 0. The molecule has 0 aliphatic rings. The van der Waals surface area contributed by atoms with Crippen LogP contribution < -0.4 is 4.74 Å². The summed E-state index contributed by atoms with van der Waals surface area (Å²) in [6.45, 7) is 0. The molecule has 0 saturated carbocycles. The molecular formula is C21H12Cl2F3NO4S. The number of halogens is 5. The SMILES string of the molecule is O=C(SCc1ccc(Cl)cc1)c1cc(Oc2ccc(C(F)(F)F)cc2Cl)ccc1[N+](=O)[O-]. The van der Waals surface area contributed by atoms with Crippen LogP contribution in [-0.4, -0.2) is 10.0 Å². The molecule has 3 aromatic carbocycles. The summed E-state index contributed by atoms with van der Waals surface area (Å²) >= 11 is 12.6. The van der Waals surface area contributed by atoms with E-state index in [2.05, 4.69) is 0 Å². The Morgan fingerprint density at radius 2 is 1.72 bits per heavy atom. The number of nitro groups is 1. The summed E-state index contributed by atoms with van der Waals surface area (Å²) in [6.07, 6.45) is -4.57. The fourth-order valence-corrected chi connectivity index (χ4v) is 3.75. The largest absolute Gasteiger partial charge is 0.456 e. The van der Waals surface area contributed by atoms with Gasteiger partial charge in [0.2, 0.25) is 5.12 Å². The average Bonchev–Trinajstić information content (AvgIpc) is 2.73. The van der Waals surface area contributed by atoms with Crippen molar-refractivity contribution in [2.45, 2.75) is 11.9 Å². The molecule has 0 saturated heterocycles. The van der Waals surface area contributed by atoms with E-state index in [4.69, 9.17) is 27.9 Å². The van der Waals surface area contributed by atoms with Crippen LogP contribution in [0.15, 0.2) is 60.7 Å². The Kier molecular flexibility index (Phi) is 7.33. The monoisotopic (exact) mass is 501 g/mol. The maximum absolute atomic E-state index is 12.8. The van der Waals surface area contributed by atoms with Crippen molar-refractivity contribution in [3.05, 3.63) is 97.5 Å². The van der Waals surface area contributed by atoms with Crippen molar-refractivity contribution in [2.24, 2.45) is 0 Å². The van der Waals surface area contributed by atoms with Gasteiger partial charge in [-0.2, -0.15) is 13.2 Å². The molecule has 0 atom stereocenters. The molecule has 0 bridgehead atoms. The zero-order valence-corrected chi connectivity index (χ0v) is 18.2. The molecule has 166 valence electrons. The molecule has 5 nitrogen and oxygen atoms in total. The number of nitro benzene ring substituents is 1. The van der Waals surface area contributed by atoms with Crippen LogP contribution in [0.5, 0.6) is 11.5 Å². The van der Waals surface area contributed by atoms with Gasteiger partial charge in [0.25, 0.3) is 5.69 Å². The number of carbonyl (C=O) groups is 1. The van der Waals surface area contributed by atoms with Crippen molar-refractivity contribution in [3.8, 4) is 11.5 Å². The van der Waals surface area contributed by atoms with Crippen LogP contribution in [0, 0.1) is 10.1 Å². The third-order valence-electron chi connectivity index (χ3n) is 4.15. The van der Waals surface area contributed by atoms with Gasteiger partial charge in [-0.3, -0.25) is 14.9 Å². The maximum atomic E-state index is 12.8. The molecule has 0 aromatic heterocycles. The average molecular weight is 502 g/mol. The molecule has 0 aliphatic heterocycles. The topological polar surface area (TPSA) is 69.4 Å². The summed E-state index contributed by atoms with van der Waals surface area (Å²) in [5, 5.41) is 11.0. The standard InChI is InChI=1S/C21H12Cl2F3NO4S/c22-14-4-1-12(2-5-14)11-32-20(28)16-10-15(6-7-18(16)27(29)30)31-19-8-3-13(9-17(19)23)21(24,25)26/h1-10H,11H2. The molecule has 3 aromatic rings. The van der Waals surface area contributed by atoms with Gasteiger partial charge in [-0.15, -0.1) is 0 Å². The van der Waals surface area contributed by atoms with Crippen molar-refractivity contribution in [1.82, 2.24) is 0 Å². The van der Waals surface area contributed by atoms with E-state index in [1.54, 1.807) is 24.3 Å². The van der Waals surface area contributed by atoms with E-state index in [-0.39, 0.29) is 27.8 Å². The normalized spacial score (nSPS) is 11.3. The molecule has 0 spiro atoms. The zero-order valence-electron chi connectivity index (χ0n) is 15.9. The number of nitrogens with zero attached hydrogens (tertiary/aromatic N) is 1. The molecule has 0 radical (unpaired) electrons. The van der Waals surface area contributed by atoms with Gasteiger partial charge in [-0.05, 0) is 48.0 Å². The van der Waals surface area contributed by atoms with Gasteiger partial charge in [0.1, 0.15) is 17.1 Å². The number of carbonyl (C=O) groups excluding carboxylic acids is 1. The van der Waals surface area contributed by atoms with Crippen molar-refractivity contribution < 1.29 is 27.6 Å². The Hall–Kier alpha value is -2.75. The highest BCUT2D eigenvalue weighted by Crippen LogP contribution is 2.37. The predicted octanol–water partition coefficient (Wildman–Crippen LogP) is 7.79. The van der Waals surface area contributed by atoms with Gasteiger partial charge in [-0.1, -0.05) is 47.1 Å². The number of hydrogen-bond donors (Lipinski definition) is 0. The van der Waals surface area contributed by atoms with E-state index in [1.807, 2.05) is 0 Å². The molecule has 32 heavy (non-hydrogen) atoms. The zero-order chi connectivity index (χ0) is 23.5. The number of thioether (sulfide) groups is 1. The fourth-order valence-electron chi connectivity index (χ4n) is 2.60. The second kappa shape index (κ2) is 9.81. The van der Waals surface area contributed by atoms with Crippen molar-refractivity contribution in [2.75, 3.05) is 0 Å². The van der Waals surface area contributed by atoms with E-state index in [0.29, 0.717) is 11.1 Å². The van der Waals surface area contributed by atoms with E-state index in [0.717, 1.165) is 41.6 Å². The van der Waals surface area contributed by atoms with Crippen LogP contribution in [0.3, 0.4) is 0 Å². The van der Waals surface area contributed by atoms with Gasteiger partial charge >= 0.3 is 6.18 Å². The number of benzene rings is 3. The van der Waals surface area contributed by atoms with Crippen LogP contribution in [0.25, 0.3) is 0 Å². The van der Waals surface area contributed by atoms with E-state index < -0.39 is 27.5 Å². The van der Waals surface area contributed by atoms with Gasteiger partial charge in [0.05, 0.1) is 15.5 Å². The fraction of sp³-hybridized carbons (Fsp3) is 0.0952. The van der Waals surface area contributed by atoms with Gasteiger partial charge in [-0.25, -0.2) is 0 Å². The van der Waals surface area contributed by atoms with E-state index in [1.165, 1.54) is 6.07 Å². The lowest BCUT2D eigenvalue weighted by atomic mass is 10.2. The Bertz CT molecular complexity index is 1170. The highest BCUT2D eigenvalue weighted by molar-refractivity contribution is 8.13. The molecule has 0 amide bonds. The number of hydrogen-bond acceptors (Lipinski definition) is 5. The quantitative estimate of drug-likeness (QED) is 0.254. The van der Waals surface area contributed by atoms with Crippen molar-refractivity contribution >= 4 is 45.8 Å². The van der Waals surface area contributed by atoms with Crippen LogP contribution in [-0.2, 0) is 11.9 Å². The van der Waals surface area contributed by atoms with Crippen LogP contribution in [0.4, 0.5) is 18.9 Å². The molecular weight excluding hydrogens is 490 g/mol. The predicted molar refractivity (Wildman–Crippen MR) is 117 cm³/mol.